The summed E-state index contributed by atoms with van der Waals surface area (Å²) in [6, 6.07) is 18.7. The van der Waals surface area contributed by atoms with Crippen LogP contribution in [0.1, 0.15) is 17.3 Å². The van der Waals surface area contributed by atoms with Gasteiger partial charge in [0.05, 0.1) is 15.6 Å². The zero-order valence-electron chi connectivity index (χ0n) is 15.8. The molecule has 0 aliphatic rings. The predicted molar refractivity (Wildman–Crippen MR) is 117 cm³/mol. The Morgan fingerprint density at radius 1 is 0.833 bits per heavy atom. The lowest BCUT2D eigenvalue weighted by molar-refractivity contribution is -0.114. The number of nitrogens with one attached hydrogen (secondary N) is 3. The first kappa shape index (κ1) is 21.4. The molecular formula is C21H18ClN3O4S. The van der Waals surface area contributed by atoms with Gasteiger partial charge in [0.2, 0.25) is 5.91 Å². The van der Waals surface area contributed by atoms with Crippen LogP contribution in [-0.2, 0) is 14.8 Å². The van der Waals surface area contributed by atoms with Crippen molar-refractivity contribution in [1.82, 2.24) is 0 Å². The summed E-state index contributed by atoms with van der Waals surface area (Å²) in [5.74, 6) is -0.631. The van der Waals surface area contributed by atoms with Crippen molar-refractivity contribution < 1.29 is 18.0 Å². The summed E-state index contributed by atoms with van der Waals surface area (Å²) in [5, 5.41) is 5.55. The molecule has 7 nitrogen and oxygen atoms in total. The fourth-order valence-electron chi connectivity index (χ4n) is 2.60. The molecule has 3 N–H and O–H groups in total. The molecule has 9 heteroatoms. The highest BCUT2D eigenvalue weighted by Gasteiger charge is 2.17. The van der Waals surface area contributed by atoms with Crippen LogP contribution < -0.4 is 15.4 Å². The lowest BCUT2D eigenvalue weighted by Gasteiger charge is -2.11. The fourth-order valence-corrected chi connectivity index (χ4v) is 3.96. The summed E-state index contributed by atoms with van der Waals surface area (Å²) in [7, 11) is -3.90. The Balaban J connectivity index is 1.75. The molecule has 30 heavy (non-hydrogen) atoms. The van der Waals surface area contributed by atoms with Crippen molar-refractivity contribution in [2.24, 2.45) is 0 Å². The lowest BCUT2D eigenvalue weighted by Crippen LogP contribution is -2.15. The molecule has 3 rings (SSSR count). The second kappa shape index (κ2) is 8.98. The molecular weight excluding hydrogens is 426 g/mol. The molecule has 0 aromatic heterocycles. The van der Waals surface area contributed by atoms with Crippen LogP contribution in [0, 0.1) is 0 Å². The summed E-state index contributed by atoms with van der Waals surface area (Å²) >= 11 is 6.02. The van der Waals surface area contributed by atoms with Gasteiger partial charge < -0.3 is 10.6 Å². The van der Waals surface area contributed by atoms with Crippen molar-refractivity contribution in [3.8, 4) is 0 Å². The van der Waals surface area contributed by atoms with Gasteiger partial charge >= 0.3 is 0 Å². The highest BCUT2D eigenvalue weighted by atomic mass is 35.5. The number of sulfonamides is 1. The van der Waals surface area contributed by atoms with E-state index in [9.17, 15) is 18.0 Å². The maximum Gasteiger partial charge on any atom is 0.262 e. The first-order valence-electron chi connectivity index (χ1n) is 8.81. The number of rotatable bonds is 6. The van der Waals surface area contributed by atoms with Gasteiger partial charge in [0.25, 0.3) is 15.9 Å². The van der Waals surface area contributed by atoms with Crippen LogP contribution in [0.4, 0.5) is 17.1 Å². The number of hydrogen-bond donors (Lipinski definition) is 3. The number of amides is 2. The fraction of sp³-hybridized carbons (Fsp3) is 0.0476. The Bertz CT molecular complexity index is 1190. The predicted octanol–water partition coefficient (Wildman–Crippen LogP) is 4.35. The van der Waals surface area contributed by atoms with E-state index >= 15 is 0 Å². The summed E-state index contributed by atoms with van der Waals surface area (Å²) in [6.07, 6.45) is 0. The molecule has 0 heterocycles. The highest BCUT2D eigenvalue weighted by Crippen LogP contribution is 2.25. The quantitative estimate of drug-likeness (QED) is 0.526. The average Bonchev–Trinajstić information content (AvgIpc) is 2.70. The normalized spacial score (nSPS) is 10.9. The van der Waals surface area contributed by atoms with Crippen molar-refractivity contribution in [2.45, 2.75) is 11.8 Å². The molecule has 0 atom stereocenters. The van der Waals surface area contributed by atoms with Crippen molar-refractivity contribution >= 4 is 50.5 Å². The minimum Gasteiger partial charge on any atom is -0.326 e. The summed E-state index contributed by atoms with van der Waals surface area (Å²) in [4.78, 5) is 23.5. The Morgan fingerprint density at radius 2 is 1.53 bits per heavy atom. The van der Waals surface area contributed by atoms with Gasteiger partial charge in [0.15, 0.2) is 0 Å². The second-order valence-electron chi connectivity index (χ2n) is 6.33. The van der Waals surface area contributed by atoms with Gasteiger partial charge in [-0.15, -0.1) is 0 Å². The van der Waals surface area contributed by atoms with E-state index in [0.29, 0.717) is 16.9 Å². The van der Waals surface area contributed by atoms with Gasteiger partial charge in [-0.3, -0.25) is 14.3 Å². The average molecular weight is 444 g/mol. The van der Waals surface area contributed by atoms with Crippen molar-refractivity contribution in [1.29, 1.82) is 0 Å². The number of carbonyl (C=O) groups excluding carboxylic acids is 2. The largest absolute Gasteiger partial charge is 0.326 e. The summed E-state index contributed by atoms with van der Waals surface area (Å²) < 4.78 is 27.8. The van der Waals surface area contributed by atoms with E-state index in [0.717, 1.165) is 0 Å². The van der Waals surface area contributed by atoms with Crippen LogP contribution in [0.3, 0.4) is 0 Å². The molecule has 0 saturated carbocycles. The van der Waals surface area contributed by atoms with Crippen LogP contribution in [0.25, 0.3) is 0 Å². The molecule has 0 aliphatic carbocycles. The third kappa shape index (κ3) is 5.37. The van der Waals surface area contributed by atoms with E-state index in [4.69, 9.17) is 11.6 Å². The monoisotopic (exact) mass is 443 g/mol. The van der Waals surface area contributed by atoms with Gasteiger partial charge in [-0.2, -0.15) is 0 Å². The zero-order valence-corrected chi connectivity index (χ0v) is 17.4. The SMILES string of the molecule is CC(=O)Nc1ccc(C(=O)Nc2cccc(S(=O)(=O)Nc3ccccc3Cl)c2)cc1. The van der Waals surface area contributed by atoms with Crippen molar-refractivity contribution in [2.75, 3.05) is 15.4 Å². The molecule has 0 spiro atoms. The Hall–Kier alpha value is -3.36. The summed E-state index contributed by atoms with van der Waals surface area (Å²) in [6.45, 7) is 1.39. The number of hydrogen-bond acceptors (Lipinski definition) is 4. The molecule has 154 valence electrons. The van der Waals surface area contributed by atoms with Crippen LogP contribution >= 0.6 is 11.6 Å². The Morgan fingerprint density at radius 3 is 2.20 bits per heavy atom. The van der Waals surface area contributed by atoms with Gasteiger partial charge in [-0.1, -0.05) is 29.8 Å². The van der Waals surface area contributed by atoms with E-state index in [1.807, 2.05) is 0 Å². The van der Waals surface area contributed by atoms with Crippen LogP contribution in [0.5, 0.6) is 0 Å². The molecule has 0 fully saturated rings. The first-order chi connectivity index (χ1) is 14.2. The van der Waals surface area contributed by atoms with Crippen LogP contribution in [0.15, 0.2) is 77.7 Å². The first-order valence-corrected chi connectivity index (χ1v) is 10.7. The molecule has 3 aromatic rings. The third-order valence-electron chi connectivity index (χ3n) is 3.99. The van der Waals surface area contributed by atoms with Gasteiger partial charge in [0.1, 0.15) is 0 Å². The minimum atomic E-state index is -3.90. The standard InChI is InChI=1S/C21H18ClN3O4S/c1-14(26)23-16-11-9-15(10-12-16)21(27)24-17-5-4-6-18(13-17)30(28,29)25-20-8-3-2-7-19(20)22/h2-13,25H,1H3,(H,23,26)(H,24,27). The number of anilines is 3. The number of benzene rings is 3. The third-order valence-corrected chi connectivity index (χ3v) is 5.68. The van der Waals surface area contributed by atoms with Crippen LogP contribution in [0.2, 0.25) is 5.02 Å². The molecule has 0 unspecified atom stereocenters. The topological polar surface area (TPSA) is 104 Å². The van der Waals surface area contributed by atoms with E-state index in [2.05, 4.69) is 15.4 Å². The molecule has 0 aliphatic heterocycles. The highest BCUT2D eigenvalue weighted by molar-refractivity contribution is 7.92. The van der Waals surface area contributed by atoms with E-state index in [-0.39, 0.29) is 21.5 Å². The number of para-hydroxylation sites is 1. The maximum absolute atomic E-state index is 12.7. The smallest absolute Gasteiger partial charge is 0.262 e. The minimum absolute atomic E-state index is 0.0266. The Labute approximate surface area is 179 Å². The molecule has 2 amide bonds. The van der Waals surface area contributed by atoms with E-state index in [1.165, 1.54) is 25.1 Å². The molecule has 0 radical (unpaired) electrons. The van der Waals surface area contributed by atoms with Gasteiger partial charge in [0, 0.05) is 23.9 Å². The molecule has 0 saturated heterocycles. The number of carbonyl (C=O) groups is 2. The summed E-state index contributed by atoms with van der Waals surface area (Å²) in [5.41, 5.74) is 1.49. The van der Waals surface area contributed by atoms with E-state index < -0.39 is 15.9 Å². The van der Waals surface area contributed by atoms with Gasteiger partial charge in [-0.25, -0.2) is 8.42 Å². The lowest BCUT2D eigenvalue weighted by atomic mass is 10.2. The molecule has 0 bridgehead atoms. The second-order valence-corrected chi connectivity index (χ2v) is 8.42. The van der Waals surface area contributed by atoms with Crippen molar-refractivity contribution in [3.05, 3.63) is 83.4 Å². The van der Waals surface area contributed by atoms with Gasteiger partial charge in [-0.05, 0) is 54.6 Å². The molecule has 3 aromatic carbocycles. The van der Waals surface area contributed by atoms with Crippen molar-refractivity contribution in [3.63, 3.8) is 0 Å². The Kier molecular flexibility index (Phi) is 6.39. The maximum atomic E-state index is 12.7. The van der Waals surface area contributed by atoms with E-state index in [1.54, 1.807) is 54.6 Å². The zero-order chi connectivity index (χ0) is 21.7. The van der Waals surface area contributed by atoms with Crippen LogP contribution in [-0.4, -0.2) is 20.2 Å². The number of halogens is 1.